The highest BCUT2D eigenvalue weighted by atomic mass is 32.2. The van der Waals surface area contributed by atoms with Crippen LogP contribution in [0.1, 0.15) is 11.5 Å². The molecule has 5 rings (SSSR count). The topological polar surface area (TPSA) is 79.3 Å². The first-order valence-electron chi connectivity index (χ1n) is 9.82. The number of hydrogen-bond donors (Lipinski definition) is 0. The molecular formula is C22H13F4N4O3S+. The molecule has 0 fully saturated rings. The average Bonchev–Trinajstić information content (AvgIpc) is 3.46. The maximum atomic E-state index is 13.8. The molecule has 1 unspecified atom stereocenters. The lowest BCUT2D eigenvalue weighted by Crippen LogP contribution is -2.55. The van der Waals surface area contributed by atoms with Crippen molar-refractivity contribution in [3.8, 4) is 11.4 Å². The van der Waals surface area contributed by atoms with Crippen LogP contribution in [0.3, 0.4) is 0 Å². The zero-order chi connectivity index (χ0) is 24.0. The number of fused-ring (bicyclic) bond motifs is 1. The third-order valence-electron chi connectivity index (χ3n) is 5.20. The monoisotopic (exact) mass is 489 g/mol. The van der Waals surface area contributed by atoms with Crippen molar-refractivity contribution in [2.45, 2.75) is 18.0 Å². The molecule has 172 valence electrons. The van der Waals surface area contributed by atoms with Crippen molar-refractivity contribution >= 4 is 35.1 Å². The molecule has 3 amide bonds. The number of alkyl halides is 3. The number of amides is 3. The second-order valence-corrected chi connectivity index (χ2v) is 8.37. The van der Waals surface area contributed by atoms with Gasteiger partial charge in [0.2, 0.25) is 5.82 Å². The van der Waals surface area contributed by atoms with Gasteiger partial charge in [-0.25, -0.2) is 9.18 Å². The lowest BCUT2D eigenvalue weighted by molar-refractivity contribution is -0.448. The van der Waals surface area contributed by atoms with Crippen LogP contribution in [-0.4, -0.2) is 37.6 Å². The van der Waals surface area contributed by atoms with Gasteiger partial charge in [-0.15, -0.1) is 16.7 Å². The van der Waals surface area contributed by atoms with E-state index in [1.165, 1.54) is 46.7 Å². The second-order valence-electron chi connectivity index (χ2n) is 7.35. The summed E-state index contributed by atoms with van der Waals surface area (Å²) in [5.74, 6) is -1.06. The number of anilines is 1. The van der Waals surface area contributed by atoms with Gasteiger partial charge in [0, 0.05) is 11.6 Å². The van der Waals surface area contributed by atoms with Gasteiger partial charge >= 0.3 is 18.1 Å². The van der Waals surface area contributed by atoms with Gasteiger partial charge in [0.05, 0.1) is 5.56 Å². The van der Waals surface area contributed by atoms with Gasteiger partial charge in [-0.1, -0.05) is 23.4 Å². The van der Waals surface area contributed by atoms with Gasteiger partial charge in [-0.3, -0.25) is 0 Å². The van der Waals surface area contributed by atoms with Crippen molar-refractivity contribution in [1.82, 2.24) is 10.1 Å². The highest BCUT2D eigenvalue weighted by Crippen LogP contribution is 2.32. The molecule has 12 heteroatoms. The van der Waals surface area contributed by atoms with Crippen molar-refractivity contribution in [3.05, 3.63) is 77.3 Å². The Morgan fingerprint density at radius 2 is 1.88 bits per heavy atom. The van der Waals surface area contributed by atoms with E-state index in [9.17, 15) is 27.2 Å². The maximum Gasteiger partial charge on any atom is 0.506 e. The number of carbonyl (C=O) groups excluding carboxylic acids is 2. The van der Waals surface area contributed by atoms with Crippen LogP contribution in [0.2, 0.25) is 0 Å². The number of hydrogen-bond acceptors (Lipinski definition) is 6. The van der Waals surface area contributed by atoms with Gasteiger partial charge in [0.25, 0.3) is 5.89 Å². The van der Waals surface area contributed by atoms with Crippen LogP contribution in [0, 0.1) is 5.82 Å². The molecule has 0 saturated carbocycles. The van der Waals surface area contributed by atoms with E-state index in [2.05, 4.69) is 10.1 Å². The smallest absolute Gasteiger partial charge is 0.335 e. The Hall–Kier alpha value is -3.80. The molecule has 1 aromatic heterocycles. The summed E-state index contributed by atoms with van der Waals surface area (Å²) in [7, 11) is 0. The van der Waals surface area contributed by atoms with Crippen molar-refractivity contribution in [1.29, 1.82) is 0 Å². The summed E-state index contributed by atoms with van der Waals surface area (Å²) in [4.78, 5) is 31.3. The van der Waals surface area contributed by atoms with Crippen LogP contribution in [0.4, 0.5) is 28.0 Å². The number of allylic oxidation sites excluding steroid dienone is 1. The van der Waals surface area contributed by atoms with E-state index in [4.69, 9.17) is 4.52 Å². The lowest BCUT2D eigenvalue weighted by Gasteiger charge is -2.23. The fourth-order valence-corrected chi connectivity index (χ4v) is 4.54. The molecule has 7 nitrogen and oxygen atoms in total. The Kier molecular flexibility index (Phi) is 5.31. The zero-order valence-electron chi connectivity index (χ0n) is 17.0. The van der Waals surface area contributed by atoms with Crippen LogP contribution < -0.4 is 4.90 Å². The van der Waals surface area contributed by atoms with Gasteiger partial charge in [-0.05, 0) is 35.7 Å². The standard InChI is InChI=1S/C22H13F4N4O3S/c23-14-2-1-3-15(10-14)30-20(31)18-16(8-9-34-18)29(21(30)32)11-17-27-19(28-33-17)12-4-6-13(7-5-12)22(24,25)26/h1-10,18H,11H2/q+1. The van der Waals surface area contributed by atoms with Crippen molar-refractivity contribution in [2.75, 3.05) is 4.90 Å². The number of aromatic nitrogens is 2. The van der Waals surface area contributed by atoms with Crippen molar-refractivity contribution < 1.29 is 36.2 Å². The number of carbonyl (C=O) groups is 2. The third kappa shape index (κ3) is 3.89. The maximum absolute atomic E-state index is 13.8. The molecule has 2 aromatic carbocycles. The molecule has 0 saturated heterocycles. The SMILES string of the molecule is O=C1C2SC=CC2=[N+](Cc2nc(-c3ccc(C(F)(F)F)cc3)no2)C(=O)N1c1cccc(F)c1. The molecule has 3 aromatic rings. The Labute approximate surface area is 193 Å². The number of urea groups is 1. The summed E-state index contributed by atoms with van der Waals surface area (Å²) >= 11 is 1.20. The Balaban J connectivity index is 1.45. The Bertz CT molecular complexity index is 1360. The number of imide groups is 1. The van der Waals surface area contributed by atoms with E-state index < -0.39 is 34.7 Å². The normalized spacial score (nSPS) is 18.1. The summed E-state index contributed by atoms with van der Waals surface area (Å²) in [5.41, 5.74) is -0.00945. The highest BCUT2D eigenvalue weighted by molar-refractivity contribution is 8.04. The fourth-order valence-electron chi connectivity index (χ4n) is 3.60. The summed E-state index contributed by atoms with van der Waals surface area (Å²) in [6.07, 6.45) is -2.84. The first-order valence-corrected chi connectivity index (χ1v) is 10.8. The fraction of sp³-hybridized carbons (Fsp3) is 0.136. The van der Waals surface area contributed by atoms with Crippen molar-refractivity contribution in [2.24, 2.45) is 0 Å². The van der Waals surface area contributed by atoms with Crippen LogP contribution in [0.15, 0.2) is 64.5 Å². The lowest BCUT2D eigenvalue weighted by atomic mass is 10.1. The number of benzene rings is 2. The molecule has 1 atom stereocenters. The summed E-state index contributed by atoms with van der Waals surface area (Å²) in [6, 6.07) is 8.65. The molecule has 34 heavy (non-hydrogen) atoms. The predicted molar refractivity (Wildman–Crippen MR) is 114 cm³/mol. The quantitative estimate of drug-likeness (QED) is 0.392. The van der Waals surface area contributed by atoms with Crippen LogP contribution >= 0.6 is 11.8 Å². The first-order chi connectivity index (χ1) is 16.2. The number of nitrogens with zero attached hydrogens (tertiary/aromatic N) is 4. The Morgan fingerprint density at radius 3 is 2.59 bits per heavy atom. The molecule has 2 aliphatic rings. The van der Waals surface area contributed by atoms with Gasteiger partial charge in [-0.2, -0.15) is 27.5 Å². The van der Waals surface area contributed by atoms with E-state index in [1.54, 1.807) is 11.5 Å². The minimum Gasteiger partial charge on any atom is -0.335 e. The summed E-state index contributed by atoms with van der Waals surface area (Å²) in [5, 5.41) is 4.76. The summed E-state index contributed by atoms with van der Waals surface area (Å²) in [6.45, 7) is -0.192. The van der Waals surface area contributed by atoms with Gasteiger partial charge < -0.3 is 4.52 Å². The minimum absolute atomic E-state index is 0.00772. The predicted octanol–water partition coefficient (Wildman–Crippen LogP) is 4.64. The van der Waals surface area contributed by atoms with E-state index in [1.807, 2.05) is 0 Å². The Morgan fingerprint density at radius 1 is 1.12 bits per heavy atom. The molecule has 0 radical (unpaired) electrons. The minimum atomic E-state index is -4.47. The van der Waals surface area contributed by atoms with Crippen LogP contribution in [-0.2, 0) is 17.5 Å². The molecule has 0 bridgehead atoms. The van der Waals surface area contributed by atoms with Crippen LogP contribution in [0.5, 0.6) is 0 Å². The molecule has 2 aliphatic heterocycles. The average molecular weight is 489 g/mol. The molecule has 3 heterocycles. The number of halogens is 4. The summed E-state index contributed by atoms with van der Waals surface area (Å²) < 4.78 is 58.6. The van der Waals surface area contributed by atoms with Crippen LogP contribution in [0.25, 0.3) is 11.4 Å². The van der Waals surface area contributed by atoms with E-state index in [-0.39, 0.29) is 23.9 Å². The number of thioether (sulfide) groups is 1. The second kappa shape index (κ2) is 8.20. The molecule has 0 spiro atoms. The van der Waals surface area contributed by atoms with E-state index in [0.29, 0.717) is 11.3 Å². The van der Waals surface area contributed by atoms with Gasteiger partial charge in [0.15, 0.2) is 11.8 Å². The first kappa shape index (κ1) is 22.0. The highest BCUT2D eigenvalue weighted by Gasteiger charge is 2.50. The van der Waals surface area contributed by atoms with E-state index >= 15 is 0 Å². The van der Waals surface area contributed by atoms with E-state index in [0.717, 1.165) is 23.1 Å². The van der Waals surface area contributed by atoms with Gasteiger partial charge in [0.1, 0.15) is 17.2 Å². The molecule has 0 aliphatic carbocycles. The largest absolute Gasteiger partial charge is 0.506 e. The third-order valence-corrected chi connectivity index (χ3v) is 6.21. The molecular weight excluding hydrogens is 476 g/mol. The number of rotatable bonds is 4. The van der Waals surface area contributed by atoms with Crippen molar-refractivity contribution in [3.63, 3.8) is 0 Å². The zero-order valence-corrected chi connectivity index (χ0v) is 17.8. The molecule has 0 N–H and O–H groups in total.